The minimum absolute atomic E-state index is 0.0571. The normalized spacial score (nSPS) is 18.0. The van der Waals surface area contributed by atoms with Gasteiger partial charge in [-0.25, -0.2) is 13.1 Å². The number of aryl methyl sites for hydroxylation is 1. The first-order valence-corrected chi connectivity index (χ1v) is 9.75. The molecule has 0 atom stereocenters. The van der Waals surface area contributed by atoms with Crippen molar-refractivity contribution in [3.05, 3.63) is 35.4 Å². The molecule has 130 valence electrons. The van der Waals surface area contributed by atoms with Gasteiger partial charge >= 0.3 is 0 Å². The van der Waals surface area contributed by atoms with E-state index < -0.39 is 10.0 Å². The van der Waals surface area contributed by atoms with Gasteiger partial charge in [0.2, 0.25) is 15.9 Å². The zero-order valence-corrected chi connectivity index (χ0v) is 14.7. The third kappa shape index (κ3) is 3.68. The van der Waals surface area contributed by atoms with Crippen LogP contribution in [0.1, 0.15) is 25.3 Å². The Hall–Kier alpha value is -1.70. The third-order valence-corrected chi connectivity index (χ3v) is 5.91. The van der Waals surface area contributed by atoms with Crippen molar-refractivity contribution in [1.82, 2.24) is 10.0 Å². The molecule has 2 heterocycles. The molecule has 0 bridgehead atoms. The second-order valence-corrected chi connectivity index (χ2v) is 7.97. The minimum atomic E-state index is -3.59. The second-order valence-electron chi connectivity index (χ2n) is 6.21. The maximum atomic E-state index is 12.6. The highest BCUT2D eigenvalue weighted by Gasteiger charge is 2.23. The summed E-state index contributed by atoms with van der Waals surface area (Å²) in [7, 11) is -3.59. The van der Waals surface area contributed by atoms with E-state index in [1.54, 1.807) is 17.0 Å². The molecule has 24 heavy (non-hydrogen) atoms. The molecule has 0 unspecified atom stereocenters. The number of hydrogen-bond donors (Lipinski definition) is 2. The Kier molecular flexibility index (Phi) is 5.03. The average Bonchev–Trinajstić information content (AvgIpc) is 2.60. The maximum Gasteiger partial charge on any atom is 0.240 e. The van der Waals surface area contributed by atoms with Crippen LogP contribution in [0.15, 0.2) is 34.7 Å². The second kappa shape index (κ2) is 7.04. The number of hydrogen-bond acceptors (Lipinski definition) is 4. The molecule has 2 aliphatic rings. The van der Waals surface area contributed by atoms with Crippen LogP contribution in [0.3, 0.4) is 0 Å². The smallest absolute Gasteiger partial charge is 0.240 e. The van der Waals surface area contributed by atoms with Gasteiger partial charge in [0.05, 0.1) is 4.90 Å². The van der Waals surface area contributed by atoms with Crippen LogP contribution in [0.5, 0.6) is 0 Å². The summed E-state index contributed by atoms with van der Waals surface area (Å²) in [6.07, 6.45) is 4.65. The number of amides is 1. The summed E-state index contributed by atoms with van der Waals surface area (Å²) in [5.41, 5.74) is 2.84. The monoisotopic (exact) mass is 349 g/mol. The number of benzene rings is 1. The van der Waals surface area contributed by atoms with Crippen LogP contribution in [-0.4, -0.2) is 40.5 Å². The lowest BCUT2D eigenvalue weighted by Crippen LogP contribution is -2.34. The Balaban J connectivity index is 1.82. The summed E-state index contributed by atoms with van der Waals surface area (Å²) in [6.45, 7) is 4.14. The van der Waals surface area contributed by atoms with Gasteiger partial charge in [-0.2, -0.15) is 0 Å². The van der Waals surface area contributed by atoms with Crippen molar-refractivity contribution in [3.63, 3.8) is 0 Å². The Morgan fingerprint density at radius 1 is 1.33 bits per heavy atom. The summed E-state index contributed by atoms with van der Waals surface area (Å²) < 4.78 is 27.8. The topological polar surface area (TPSA) is 78.5 Å². The lowest BCUT2D eigenvalue weighted by Gasteiger charge is -2.29. The summed E-state index contributed by atoms with van der Waals surface area (Å²) >= 11 is 0. The molecule has 0 fully saturated rings. The van der Waals surface area contributed by atoms with Crippen LogP contribution in [0.2, 0.25) is 0 Å². The molecule has 1 amide bonds. The van der Waals surface area contributed by atoms with Crippen molar-refractivity contribution in [2.45, 2.75) is 31.1 Å². The molecule has 0 saturated carbocycles. The van der Waals surface area contributed by atoms with Gasteiger partial charge in [-0.3, -0.25) is 4.79 Å². The molecular formula is C17H23N3O3S. The Morgan fingerprint density at radius 3 is 2.88 bits per heavy atom. The zero-order chi connectivity index (χ0) is 17.2. The number of rotatable bonds is 4. The molecule has 2 aliphatic heterocycles. The molecule has 0 spiro atoms. The highest BCUT2D eigenvalue weighted by atomic mass is 32.2. The van der Waals surface area contributed by atoms with E-state index in [0.717, 1.165) is 49.2 Å². The van der Waals surface area contributed by atoms with Crippen molar-refractivity contribution < 1.29 is 13.2 Å². The molecule has 3 rings (SSSR count). The lowest BCUT2D eigenvalue weighted by molar-refractivity contribution is -0.116. The predicted molar refractivity (Wildman–Crippen MR) is 93.5 cm³/mol. The Bertz CT molecular complexity index is 771. The molecule has 0 saturated heterocycles. The van der Waals surface area contributed by atoms with E-state index >= 15 is 0 Å². The van der Waals surface area contributed by atoms with Crippen LogP contribution in [0.25, 0.3) is 0 Å². The first-order chi connectivity index (χ1) is 11.5. The largest absolute Gasteiger partial charge is 0.313 e. The molecule has 1 aromatic carbocycles. The van der Waals surface area contributed by atoms with Crippen molar-refractivity contribution in [3.8, 4) is 0 Å². The fourth-order valence-corrected chi connectivity index (χ4v) is 4.21. The highest BCUT2D eigenvalue weighted by molar-refractivity contribution is 7.89. The van der Waals surface area contributed by atoms with E-state index in [0.29, 0.717) is 13.1 Å². The fraction of sp³-hybridized carbons (Fsp3) is 0.471. The van der Waals surface area contributed by atoms with Crippen LogP contribution < -0.4 is 14.9 Å². The number of nitrogens with one attached hydrogen (secondary N) is 2. The van der Waals surface area contributed by atoms with E-state index in [1.807, 2.05) is 12.1 Å². The summed E-state index contributed by atoms with van der Waals surface area (Å²) in [4.78, 5) is 13.7. The van der Waals surface area contributed by atoms with E-state index in [9.17, 15) is 13.2 Å². The van der Waals surface area contributed by atoms with Gasteiger partial charge in [0.1, 0.15) is 0 Å². The average molecular weight is 349 g/mol. The van der Waals surface area contributed by atoms with E-state index in [1.165, 1.54) is 6.92 Å². The van der Waals surface area contributed by atoms with Gasteiger partial charge in [-0.1, -0.05) is 17.7 Å². The van der Waals surface area contributed by atoms with Crippen LogP contribution in [-0.2, 0) is 21.2 Å². The standard InChI is InChI=1S/C17H23N3O3S/c1-13(21)20-10-2-3-15-4-5-16(11-17(15)20)24(22,23)19-12-14-6-8-18-9-7-14/h4-6,11,18-19H,2-3,7-10,12H2,1H3. The van der Waals surface area contributed by atoms with Gasteiger partial charge in [0.25, 0.3) is 0 Å². The van der Waals surface area contributed by atoms with Gasteiger partial charge in [0, 0.05) is 32.2 Å². The lowest BCUT2D eigenvalue weighted by atomic mass is 10.0. The molecule has 0 aromatic heterocycles. The number of carbonyl (C=O) groups excluding carboxylic acids is 1. The molecule has 6 nitrogen and oxygen atoms in total. The first kappa shape index (κ1) is 17.1. The molecule has 1 aromatic rings. The van der Waals surface area contributed by atoms with Crippen LogP contribution >= 0.6 is 0 Å². The van der Waals surface area contributed by atoms with Crippen molar-refractivity contribution in [2.24, 2.45) is 0 Å². The minimum Gasteiger partial charge on any atom is -0.313 e. The number of carbonyl (C=O) groups is 1. The van der Waals surface area contributed by atoms with Crippen molar-refractivity contribution >= 4 is 21.6 Å². The Labute approximate surface area is 143 Å². The molecule has 2 N–H and O–H groups in total. The van der Waals surface area contributed by atoms with E-state index in [4.69, 9.17) is 0 Å². The molecular weight excluding hydrogens is 326 g/mol. The number of anilines is 1. The predicted octanol–water partition coefficient (Wildman–Crippen LogP) is 1.18. The fourth-order valence-electron chi connectivity index (χ4n) is 3.15. The number of sulfonamides is 1. The van der Waals surface area contributed by atoms with Gasteiger partial charge in [-0.05, 0) is 43.5 Å². The summed E-state index contributed by atoms with van der Waals surface area (Å²) in [6, 6.07) is 5.07. The quantitative estimate of drug-likeness (QED) is 0.800. The van der Waals surface area contributed by atoms with Crippen molar-refractivity contribution in [1.29, 1.82) is 0 Å². The van der Waals surface area contributed by atoms with Gasteiger partial charge in [-0.15, -0.1) is 0 Å². The highest BCUT2D eigenvalue weighted by Crippen LogP contribution is 2.29. The van der Waals surface area contributed by atoms with Crippen molar-refractivity contribution in [2.75, 3.05) is 31.1 Å². The molecule has 7 heteroatoms. The van der Waals surface area contributed by atoms with Gasteiger partial charge < -0.3 is 10.2 Å². The van der Waals surface area contributed by atoms with Gasteiger partial charge in [0.15, 0.2) is 0 Å². The Morgan fingerprint density at radius 2 is 2.17 bits per heavy atom. The SMILES string of the molecule is CC(=O)N1CCCc2ccc(S(=O)(=O)NCC3=CCNCC3)cc21. The molecule has 0 aliphatic carbocycles. The number of nitrogens with zero attached hydrogens (tertiary/aromatic N) is 1. The zero-order valence-electron chi connectivity index (χ0n) is 13.8. The maximum absolute atomic E-state index is 12.6. The van der Waals surface area contributed by atoms with Crippen LogP contribution in [0.4, 0.5) is 5.69 Å². The van der Waals surface area contributed by atoms with Crippen LogP contribution in [0, 0.1) is 0 Å². The molecule has 0 radical (unpaired) electrons. The number of fused-ring (bicyclic) bond motifs is 1. The van der Waals surface area contributed by atoms with E-state index in [-0.39, 0.29) is 10.8 Å². The van der Waals surface area contributed by atoms with E-state index in [2.05, 4.69) is 10.0 Å². The third-order valence-electron chi connectivity index (χ3n) is 4.51. The summed E-state index contributed by atoms with van der Waals surface area (Å²) in [5.74, 6) is -0.0571. The first-order valence-electron chi connectivity index (χ1n) is 8.27. The summed E-state index contributed by atoms with van der Waals surface area (Å²) in [5, 5.41) is 3.20.